The number of hydrogen-bond acceptors (Lipinski definition) is 5. The summed E-state index contributed by atoms with van der Waals surface area (Å²) in [7, 11) is -5.56. The fraction of sp³-hybridized carbons (Fsp3) is 0.286. The third-order valence-electron chi connectivity index (χ3n) is 6.41. The van der Waals surface area contributed by atoms with Crippen LogP contribution < -0.4 is 14.8 Å². The predicted octanol–water partition coefficient (Wildman–Crippen LogP) is 6.46. The van der Waals surface area contributed by atoms with Gasteiger partial charge in [0.1, 0.15) is 18.0 Å². The van der Waals surface area contributed by atoms with Gasteiger partial charge in [0.2, 0.25) is 5.88 Å². The molecular weight excluding hydrogens is 538 g/mol. The number of aryl methyl sites for hydroxylation is 1. The van der Waals surface area contributed by atoms with E-state index in [0.717, 1.165) is 36.9 Å². The van der Waals surface area contributed by atoms with Gasteiger partial charge in [-0.3, -0.25) is 0 Å². The van der Waals surface area contributed by atoms with Crippen molar-refractivity contribution in [3.05, 3.63) is 100 Å². The van der Waals surface area contributed by atoms with E-state index in [-0.39, 0.29) is 19.0 Å². The van der Waals surface area contributed by atoms with E-state index in [1.165, 1.54) is 6.20 Å². The minimum Gasteiger partial charge on any atom is -0.493 e. The Bertz CT molecular complexity index is 1460. The number of anilines is 2. The molecule has 7 nitrogen and oxygen atoms in total. The average molecular weight is 572 g/mol. The van der Waals surface area contributed by atoms with Crippen LogP contribution in [0, 0.1) is 6.92 Å². The maximum absolute atomic E-state index is 13.5. The lowest BCUT2D eigenvalue weighted by Gasteiger charge is -2.25. The number of hydrogen-bond donors (Lipinski definition) is 2. The molecule has 0 amide bonds. The molecule has 0 aromatic heterocycles. The Morgan fingerprint density at radius 3 is 2.42 bits per heavy atom. The standard InChI is InChI=1S/C28H34ClN3O4SSi/c1-20-14-24(29)17-23(28(20)30)15-22-10-11-25(26(16-22)36-19-21-8-6-5-7-9-21)32-18-27(33)31(37(32,34)35)12-13-38(2,3)4/h5-11,14,16-18,33H,12-13,15,19,30H2,1-4H3. The number of aliphatic hydroxyl groups is 1. The highest BCUT2D eigenvalue weighted by molar-refractivity contribution is 7.91. The van der Waals surface area contributed by atoms with Crippen LogP contribution in [0.4, 0.5) is 11.4 Å². The van der Waals surface area contributed by atoms with Crippen molar-refractivity contribution in [1.82, 2.24) is 4.31 Å². The van der Waals surface area contributed by atoms with Crippen LogP contribution in [0.3, 0.4) is 0 Å². The van der Waals surface area contributed by atoms with Crippen molar-refractivity contribution >= 4 is 41.3 Å². The van der Waals surface area contributed by atoms with Crippen LogP contribution in [0.5, 0.6) is 5.75 Å². The van der Waals surface area contributed by atoms with E-state index in [2.05, 4.69) is 19.6 Å². The summed E-state index contributed by atoms with van der Waals surface area (Å²) in [5.41, 5.74) is 10.9. The molecule has 0 bridgehead atoms. The van der Waals surface area contributed by atoms with E-state index >= 15 is 0 Å². The molecular formula is C28H34ClN3O4SSi. The highest BCUT2D eigenvalue weighted by Crippen LogP contribution is 2.38. The first kappa shape index (κ1) is 27.9. The number of aliphatic hydroxyl groups excluding tert-OH is 1. The number of ether oxygens (including phenoxy) is 1. The monoisotopic (exact) mass is 571 g/mol. The van der Waals surface area contributed by atoms with Gasteiger partial charge in [0.25, 0.3) is 0 Å². The zero-order chi connectivity index (χ0) is 27.7. The van der Waals surface area contributed by atoms with Crippen LogP contribution in [0.2, 0.25) is 30.7 Å². The lowest BCUT2D eigenvalue weighted by atomic mass is 10.0. The number of halogens is 1. The van der Waals surface area contributed by atoms with Crippen LogP contribution in [-0.4, -0.2) is 32.4 Å². The molecule has 3 aromatic carbocycles. The molecule has 0 saturated carbocycles. The van der Waals surface area contributed by atoms with E-state index in [1.807, 2.05) is 61.5 Å². The van der Waals surface area contributed by atoms with E-state index in [0.29, 0.717) is 28.6 Å². The Labute approximate surface area is 231 Å². The minimum atomic E-state index is -4.02. The Hall–Kier alpha value is -3.14. The third kappa shape index (κ3) is 6.28. The smallest absolute Gasteiger partial charge is 0.332 e. The van der Waals surface area contributed by atoms with Crippen molar-refractivity contribution in [3.8, 4) is 5.75 Å². The molecule has 4 rings (SSSR count). The molecule has 0 radical (unpaired) electrons. The largest absolute Gasteiger partial charge is 0.493 e. The van der Waals surface area contributed by atoms with Crippen LogP contribution in [-0.2, 0) is 23.2 Å². The number of rotatable bonds is 9. The average Bonchev–Trinajstić information content (AvgIpc) is 3.07. The zero-order valence-corrected chi connectivity index (χ0v) is 24.7. The highest BCUT2D eigenvalue weighted by atomic mass is 35.5. The molecule has 38 heavy (non-hydrogen) atoms. The van der Waals surface area contributed by atoms with Gasteiger partial charge in [-0.2, -0.15) is 8.42 Å². The maximum Gasteiger partial charge on any atom is 0.332 e. The molecule has 0 spiro atoms. The quantitative estimate of drug-likeness (QED) is 0.227. The molecule has 3 N–H and O–H groups in total. The first-order valence-corrected chi connectivity index (χ1v) is 17.9. The van der Waals surface area contributed by atoms with Crippen molar-refractivity contribution in [2.75, 3.05) is 16.6 Å². The summed E-state index contributed by atoms with van der Waals surface area (Å²) in [6.07, 6.45) is 1.73. The molecule has 10 heteroatoms. The Kier molecular flexibility index (Phi) is 8.01. The number of nitrogens with zero attached hydrogens (tertiary/aromatic N) is 2. The molecule has 1 heterocycles. The molecule has 0 unspecified atom stereocenters. The summed E-state index contributed by atoms with van der Waals surface area (Å²) < 4.78 is 35.4. The van der Waals surface area contributed by atoms with Crippen molar-refractivity contribution in [1.29, 1.82) is 0 Å². The highest BCUT2D eigenvalue weighted by Gasteiger charge is 2.39. The van der Waals surface area contributed by atoms with Gasteiger partial charge in [-0.05, 0) is 65.9 Å². The van der Waals surface area contributed by atoms with E-state index in [1.54, 1.807) is 6.07 Å². The van der Waals surface area contributed by atoms with Crippen molar-refractivity contribution in [2.24, 2.45) is 0 Å². The third-order valence-corrected chi connectivity index (χ3v) is 10.1. The molecule has 0 atom stereocenters. The lowest BCUT2D eigenvalue weighted by Crippen LogP contribution is -2.37. The van der Waals surface area contributed by atoms with Gasteiger partial charge < -0.3 is 15.6 Å². The van der Waals surface area contributed by atoms with Gasteiger partial charge in [-0.15, -0.1) is 0 Å². The fourth-order valence-corrected chi connectivity index (χ4v) is 7.01. The number of benzene rings is 3. The molecule has 0 aliphatic carbocycles. The normalized spacial score (nSPS) is 15.0. The molecule has 0 fully saturated rings. The van der Waals surface area contributed by atoms with Crippen LogP contribution in [0.25, 0.3) is 0 Å². The second kappa shape index (κ2) is 10.9. The van der Waals surface area contributed by atoms with Gasteiger partial charge >= 0.3 is 10.2 Å². The predicted molar refractivity (Wildman–Crippen MR) is 158 cm³/mol. The van der Waals surface area contributed by atoms with E-state index in [4.69, 9.17) is 22.1 Å². The molecule has 1 aliphatic rings. The first-order valence-electron chi connectivity index (χ1n) is 12.4. The number of nitrogen functional groups attached to an aromatic ring is 1. The van der Waals surface area contributed by atoms with Crippen molar-refractivity contribution < 1.29 is 18.3 Å². The summed E-state index contributed by atoms with van der Waals surface area (Å²) >= 11 is 6.28. The second-order valence-corrected chi connectivity index (χ2v) is 18.5. The second-order valence-electron chi connectivity index (χ2n) is 10.7. The summed E-state index contributed by atoms with van der Waals surface area (Å²) in [6, 6.07) is 19.4. The van der Waals surface area contributed by atoms with Crippen LogP contribution >= 0.6 is 11.6 Å². The molecule has 0 saturated heterocycles. The van der Waals surface area contributed by atoms with E-state index in [9.17, 15) is 13.5 Å². The van der Waals surface area contributed by atoms with E-state index < -0.39 is 18.3 Å². The summed E-state index contributed by atoms with van der Waals surface area (Å²) in [5.74, 6) is 0.0758. The first-order chi connectivity index (χ1) is 17.8. The summed E-state index contributed by atoms with van der Waals surface area (Å²) in [4.78, 5) is 0. The van der Waals surface area contributed by atoms with Gasteiger partial charge in [-0.25, -0.2) is 8.61 Å². The van der Waals surface area contributed by atoms with Gasteiger partial charge in [0.15, 0.2) is 0 Å². The Morgan fingerprint density at radius 1 is 1.03 bits per heavy atom. The van der Waals surface area contributed by atoms with Crippen molar-refractivity contribution in [3.63, 3.8) is 0 Å². The Morgan fingerprint density at radius 2 is 1.74 bits per heavy atom. The SMILES string of the molecule is Cc1cc(Cl)cc(Cc2ccc(N3C=C(O)N(CC[Si](C)(C)C)S3(=O)=O)c(OCc3ccccc3)c2)c1N. The number of nitrogens with two attached hydrogens (primary N) is 1. The molecule has 1 aliphatic heterocycles. The molecule has 3 aromatic rings. The van der Waals surface area contributed by atoms with Crippen LogP contribution in [0.1, 0.15) is 22.3 Å². The van der Waals surface area contributed by atoms with Gasteiger partial charge in [0, 0.05) is 25.3 Å². The maximum atomic E-state index is 13.5. The summed E-state index contributed by atoms with van der Waals surface area (Å²) in [6.45, 7) is 8.87. The lowest BCUT2D eigenvalue weighted by molar-refractivity contribution is 0.294. The topological polar surface area (TPSA) is 96.1 Å². The van der Waals surface area contributed by atoms with Gasteiger partial charge in [-0.1, -0.05) is 67.6 Å². The minimum absolute atomic E-state index is 0.225. The Balaban J connectivity index is 1.70. The molecule has 202 valence electrons. The van der Waals surface area contributed by atoms with Crippen molar-refractivity contribution in [2.45, 2.75) is 45.6 Å². The van der Waals surface area contributed by atoms with Crippen LogP contribution in [0.15, 0.2) is 72.7 Å². The fourth-order valence-electron chi connectivity index (χ4n) is 4.21. The summed E-state index contributed by atoms with van der Waals surface area (Å²) in [5, 5.41) is 11.2. The zero-order valence-electron chi connectivity index (χ0n) is 22.1. The van der Waals surface area contributed by atoms with Gasteiger partial charge in [0.05, 0.1) is 6.20 Å².